The van der Waals surface area contributed by atoms with Crippen LogP contribution < -0.4 is 5.32 Å². The minimum Gasteiger partial charge on any atom is -0.374 e. The van der Waals surface area contributed by atoms with Crippen LogP contribution in [0, 0.1) is 0 Å². The van der Waals surface area contributed by atoms with E-state index in [0.717, 1.165) is 6.54 Å². The molecule has 0 aliphatic carbocycles. The van der Waals surface area contributed by atoms with Gasteiger partial charge in [-0.1, -0.05) is 13.3 Å². The van der Waals surface area contributed by atoms with Gasteiger partial charge in [0.15, 0.2) is 0 Å². The predicted octanol–water partition coefficient (Wildman–Crippen LogP) is 0.787. The zero-order valence-electron chi connectivity index (χ0n) is 5.22. The zero-order valence-corrected chi connectivity index (χ0v) is 5.22. The number of hydrogen-bond acceptors (Lipinski definition) is 2. The molecule has 1 rings (SSSR count). The van der Waals surface area contributed by atoms with Crippen LogP contribution >= 0.6 is 0 Å². The van der Waals surface area contributed by atoms with Crippen LogP contribution in [-0.2, 0) is 0 Å². The van der Waals surface area contributed by atoms with E-state index in [1.54, 1.807) is 6.34 Å². The fourth-order valence-electron chi connectivity index (χ4n) is 0.909. The van der Waals surface area contributed by atoms with E-state index in [0.29, 0.717) is 6.04 Å². The van der Waals surface area contributed by atoms with Crippen molar-refractivity contribution in [2.24, 2.45) is 4.99 Å². The van der Waals surface area contributed by atoms with Gasteiger partial charge in [-0.3, -0.25) is 4.99 Å². The molecule has 8 heavy (non-hydrogen) atoms. The average Bonchev–Trinajstić information content (AvgIpc) is 2.19. The second kappa shape index (κ2) is 2.70. The molecule has 0 bridgehead atoms. The van der Waals surface area contributed by atoms with E-state index in [9.17, 15) is 0 Å². The Hall–Kier alpha value is -0.530. The monoisotopic (exact) mass is 112 g/mol. The van der Waals surface area contributed by atoms with Gasteiger partial charge in [-0.05, 0) is 6.42 Å². The van der Waals surface area contributed by atoms with Crippen LogP contribution in [0.2, 0.25) is 0 Å². The van der Waals surface area contributed by atoms with E-state index in [4.69, 9.17) is 0 Å². The van der Waals surface area contributed by atoms with E-state index in [-0.39, 0.29) is 0 Å². The van der Waals surface area contributed by atoms with Gasteiger partial charge in [0, 0.05) is 6.54 Å². The van der Waals surface area contributed by atoms with E-state index < -0.39 is 0 Å². The lowest BCUT2D eigenvalue weighted by Crippen LogP contribution is -2.14. The lowest BCUT2D eigenvalue weighted by molar-refractivity contribution is 0.624. The lowest BCUT2D eigenvalue weighted by Gasteiger charge is -2.00. The fourth-order valence-corrected chi connectivity index (χ4v) is 0.909. The molecule has 0 aromatic carbocycles. The predicted molar refractivity (Wildman–Crippen MR) is 35.2 cm³/mol. The molecule has 0 aromatic rings. The standard InChI is InChI=1S/C6H12N2/c1-2-3-6-4-7-5-8-6/h5-6H,2-4H2,1H3,(H,7,8). The van der Waals surface area contributed by atoms with Crippen molar-refractivity contribution >= 4 is 6.34 Å². The molecule has 1 atom stereocenters. The van der Waals surface area contributed by atoms with Crippen molar-refractivity contribution in [2.45, 2.75) is 25.8 Å². The molecule has 0 fully saturated rings. The van der Waals surface area contributed by atoms with Crippen molar-refractivity contribution in [3.8, 4) is 0 Å². The number of hydrogen-bond donors (Lipinski definition) is 1. The minimum atomic E-state index is 0.569. The summed E-state index contributed by atoms with van der Waals surface area (Å²) in [5.41, 5.74) is 0. The van der Waals surface area contributed by atoms with E-state index in [1.807, 2.05) is 0 Å². The third-order valence-corrected chi connectivity index (χ3v) is 1.35. The first kappa shape index (κ1) is 5.60. The summed E-state index contributed by atoms with van der Waals surface area (Å²) in [6.45, 7) is 3.24. The molecular formula is C6H12N2. The SMILES string of the molecule is CCCC1CNC=N1. The third-order valence-electron chi connectivity index (χ3n) is 1.35. The Kier molecular flexibility index (Phi) is 1.89. The lowest BCUT2D eigenvalue weighted by atomic mass is 10.2. The smallest absolute Gasteiger partial charge is 0.0828 e. The topological polar surface area (TPSA) is 24.4 Å². The normalized spacial score (nSPS) is 25.9. The highest BCUT2D eigenvalue weighted by molar-refractivity contribution is 5.56. The Labute approximate surface area is 50.0 Å². The summed E-state index contributed by atoms with van der Waals surface area (Å²) in [6, 6.07) is 0.569. The summed E-state index contributed by atoms with van der Waals surface area (Å²) in [5.74, 6) is 0. The molecule has 0 aromatic heterocycles. The van der Waals surface area contributed by atoms with Crippen LogP contribution in [0.25, 0.3) is 0 Å². The molecular weight excluding hydrogens is 100 g/mol. The minimum absolute atomic E-state index is 0.569. The van der Waals surface area contributed by atoms with Crippen molar-refractivity contribution < 1.29 is 0 Å². The molecule has 0 saturated carbocycles. The number of nitrogens with zero attached hydrogens (tertiary/aromatic N) is 1. The summed E-state index contributed by atoms with van der Waals surface area (Å²) in [7, 11) is 0. The largest absolute Gasteiger partial charge is 0.374 e. The summed E-state index contributed by atoms with van der Waals surface area (Å²) >= 11 is 0. The first-order chi connectivity index (χ1) is 3.93. The van der Waals surface area contributed by atoms with Crippen LogP contribution in [0.1, 0.15) is 19.8 Å². The van der Waals surface area contributed by atoms with Crippen molar-refractivity contribution in [2.75, 3.05) is 6.54 Å². The fraction of sp³-hybridized carbons (Fsp3) is 0.833. The van der Waals surface area contributed by atoms with Gasteiger partial charge in [-0.2, -0.15) is 0 Å². The molecule has 0 saturated heterocycles. The number of rotatable bonds is 2. The number of aliphatic imine (C=N–C) groups is 1. The van der Waals surface area contributed by atoms with Crippen molar-refractivity contribution in [1.82, 2.24) is 5.32 Å². The molecule has 0 spiro atoms. The molecule has 1 aliphatic heterocycles. The van der Waals surface area contributed by atoms with Gasteiger partial charge < -0.3 is 5.32 Å². The number of nitrogens with one attached hydrogen (secondary N) is 1. The molecule has 2 nitrogen and oxygen atoms in total. The van der Waals surface area contributed by atoms with Gasteiger partial charge >= 0.3 is 0 Å². The van der Waals surface area contributed by atoms with Crippen LogP contribution in [0.5, 0.6) is 0 Å². The van der Waals surface area contributed by atoms with E-state index in [2.05, 4.69) is 17.2 Å². The zero-order chi connectivity index (χ0) is 5.82. The van der Waals surface area contributed by atoms with Gasteiger partial charge in [0.2, 0.25) is 0 Å². The van der Waals surface area contributed by atoms with E-state index in [1.165, 1.54) is 12.8 Å². The Balaban J connectivity index is 2.16. The molecule has 0 amide bonds. The Morgan fingerprint density at radius 1 is 1.88 bits per heavy atom. The second-order valence-corrected chi connectivity index (χ2v) is 2.13. The maximum absolute atomic E-state index is 4.19. The van der Waals surface area contributed by atoms with E-state index >= 15 is 0 Å². The Morgan fingerprint density at radius 3 is 3.25 bits per heavy atom. The van der Waals surface area contributed by atoms with Gasteiger partial charge in [0.25, 0.3) is 0 Å². The summed E-state index contributed by atoms with van der Waals surface area (Å²) < 4.78 is 0. The van der Waals surface area contributed by atoms with Crippen LogP contribution in [0.15, 0.2) is 4.99 Å². The maximum atomic E-state index is 4.19. The molecule has 46 valence electrons. The molecule has 1 heterocycles. The van der Waals surface area contributed by atoms with Crippen LogP contribution in [0.3, 0.4) is 0 Å². The van der Waals surface area contributed by atoms with Gasteiger partial charge in [-0.25, -0.2) is 0 Å². The highest BCUT2D eigenvalue weighted by Gasteiger charge is 2.06. The van der Waals surface area contributed by atoms with Gasteiger partial charge in [-0.15, -0.1) is 0 Å². The summed E-state index contributed by atoms with van der Waals surface area (Å²) in [6.07, 6.45) is 4.27. The van der Waals surface area contributed by atoms with Gasteiger partial charge in [0.1, 0.15) is 0 Å². The first-order valence-corrected chi connectivity index (χ1v) is 3.18. The summed E-state index contributed by atoms with van der Waals surface area (Å²) in [5, 5.41) is 3.07. The average molecular weight is 112 g/mol. The molecule has 1 aliphatic rings. The third kappa shape index (κ3) is 1.22. The quantitative estimate of drug-likeness (QED) is 0.561. The first-order valence-electron chi connectivity index (χ1n) is 3.18. The highest BCUT2D eigenvalue weighted by Crippen LogP contribution is 2.01. The molecule has 1 unspecified atom stereocenters. The van der Waals surface area contributed by atoms with Crippen LogP contribution in [-0.4, -0.2) is 18.9 Å². The second-order valence-electron chi connectivity index (χ2n) is 2.13. The summed E-state index contributed by atoms with van der Waals surface area (Å²) in [4.78, 5) is 4.19. The van der Waals surface area contributed by atoms with Gasteiger partial charge in [0.05, 0.1) is 12.4 Å². The Bertz CT molecular complexity index is 88.5. The van der Waals surface area contributed by atoms with Crippen LogP contribution in [0.4, 0.5) is 0 Å². The van der Waals surface area contributed by atoms with Crippen molar-refractivity contribution in [1.29, 1.82) is 0 Å². The molecule has 2 heteroatoms. The molecule has 1 N–H and O–H groups in total. The molecule has 0 radical (unpaired) electrons. The maximum Gasteiger partial charge on any atom is 0.0828 e. The van der Waals surface area contributed by atoms with Crippen molar-refractivity contribution in [3.63, 3.8) is 0 Å². The highest BCUT2D eigenvalue weighted by atomic mass is 15.0. The Morgan fingerprint density at radius 2 is 2.75 bits per heavy atom. The van der Waals surface area contributed by atoms with Crippen molar-refractivity contribution in [3.05, 3.63) is 0 Å².